The minimum atomic E-state index is 0.00132. The van der Waals surface area contributed by atoms with Crippen molar-refractivity contribution >= 4 is 11.9 Å². The molecule has 5 heteroatoms. The summed E-state index contributed by atoms with van der Waals surface area (Å²) in [4.78, 5) is 24.6. The van der Waals surface area contributed by atoms with E-state index in [1.807, 2.05) is 7.05 Å². The van der Waals surface area contributed by atoms with Crippen molar-refractivity contribution in [1.29, 1.82) is 0 Å². The molecule has 5 nitrogen and oxygen atoms in total. The Labute approximate surface area is 114 Å². The number of hydrogen-bond acceptors (Lipinski definition) is 4. The van der Waals surface area contributed by atoms with Gasteiger partial charge in [0, 0.05) is 39.1 Å². The molecule has 1 aliphatic rings. The molecule has 1 aliphatic heterocycles. The lowest BCUT2D eigenvalue weighted by atomic mass is 10.2. The second-order valence-corrected chi connectivity index (χ2v) is 5.05. The molecule has 0 unspecified atom stereocenters. The van der Waals surface area contributed by atoms with Crippen LogP contribution >= 0.6 is 0 Å². The van der Waals surface area contributed by atoms with Crippen molar-refractivity contribution in [3.63, 3.8) is 0 Å². The van der Waals surface area contributed by atoms with E-state index in [1.165, 1.54) is 12.8 Å². The predicted molar refractivity (Wildman–Crippen MR) is 75.3 cm³/mol. The predicted octanol–water partition coefficient (Wildman–Crippen LogP) is 1.95. The Hall–Kier alpha value is -1.65. The minimum Gasteiger partial charge on any atom is -0.342 e. The molecule has 0 atom stereocenters. The van der Waals surface area contributed by atoms with E-state index in [2.05, 4.69) is 21.8 Å². The lowest BCUT2D eigenvalue weighted by Crippen LogP contribution is -2.28. The van der Waals surface area contributed by atoms with Crippen molar-refractivity contribution in [1.82, 2.24) is 14.9 Å². The Morgan fingerprint density at radius 1 is 1.32 bits per heavy atom. The lowest BCUT2D eigenvalue weighted by Gasteiger charge is -2.18. The molecule has 1 fully saturated rings. The number of carbonyl (C=O) groups excluding carboxylic acids is 1. The topological polar surface area (TPSA) is 49.3 Å². The molecule has 0 spiro atoms. The Bertz CT molecular complexity index is 412. The van der Waals surface area contributed by atoms with Crippen LogP contribution in [0, 0.1) is 0 Å². The molecule has 0 aliphatic carbocycles. The van der Waals surface area contributed by atoms with Crippen molar-refractivity contribution in [2.45, 2.75) is 32.6 Å². The number of unbranched alkanes of at least 4 members (excludes halogenated alkanes) is 1. The molecule has 0 radical (unpaired) electrons. The smallest absolute Gasteiger partial charge is 0.256 e. The molecule has 1 amide bonds. The van der Waals surface area contributed by atoms with Crippen molar-refractivity contribution in [3.8, 4) is 0 Å². The number of amides is 1. The largest absolute Gasteiger partial charge is 0.342 e. The Morgan fingerprint density at radius 2 is 1.95 bits per heavy atom. The van der Waals surface area contributed by atoms with Gasteiger partial charge in [-0.3, -0.25) is 4.79 Å². The van der Waals surface area contributed by atoms with Gasteiger partial charge in [0.2, 0.25) is 5.95 Å². The fourth-order valence-electron chi connectivity index (χ4n) is 2.23. The number of rotatable bonds is 5. The first-order valence-electron chi connectivity index (χ1n) is 7.05. The SMILES string of the molecule is CCCCN(C)C(=O)c1cnc(N2CCCC2)nc1. The van der Waals surface area contributed by atoms with Gasteiger partial charge in [0.25, 0.3) is 5.91 Å². The van der Waals surface area contributed by atoms with Crippen LogP contribution in [-0.4, -0.2) is 47.5 Å². The van der Waals surface area contributed by atoms with E-state index in [1.54, 1.807) is 17.3 Å². The maximum atomic E-state index is 12.1. The molecule has 0 bridgehead atoms. The van der Waals surface area contributed by atoms with Crippen LogP contribution < -0.4 is 4.90 Å². The summed E-state index contributed by atoms with van der Waals surface area (Å²) in [5, 5.41) is 0. The maximum absolute atomic E-state index is 12.1. The van der Waals surface area contributed by atoms with Gasteiger partial charge >= 0.3 is 0 Å². The van der Waals surface area contributed by atoms with Gasteiger partial charge < -0.3 is 9.80 Å². The quantitative estimate of drug-likeness (QED) is 0.814. The third-order valence-electron chi connectivity index (χ3n) is 3.47. The Kier molecular flexibility index (Phi) is 4.71. The van der Waals surface area contributed by atoms with Crippen LogP contribution in [0.3, 0.4) is 0 Å². The normalized spacial score (nSPS) is 14.7. The van der Waals surface area contributed by atoms with Crippen LogP contribution in [0.5, 0.6) is 0 Å². The molecule has 0 saturated carbocycles. The first-order valence-corrected chi connectivity index (χ1v) is 7.05. The van der Waals surface area contributed by atoms with Crippen molar-refractivity contribution < 1.29 is 4.79 Å². The van der Waals surface area contributed by atoms with Gasteiger partial charge in [-0.25, -0.2) is 9.97 Å². The summed E-state index contributed by atoms with van der Waals surface area (Å²) in [6.07, 6.45) is 7.79. The molecule has 1 saturated heterocycles. The summed E-state index contributed by atoms with van der Waals surface area (Å²) >= 11 is 0. The zero-order valence-electron chi connectivity index (χ0n) is 11.8. The third-order valence-corrected chi connectivity index (χ3v) is 3.47. The summed E-state index contributed by atoms with van der Waals surface area (Å²) in [5.41, 5.74) is 0.571. The molecule has 2 heterocycles. The number of carbonyl (C=O) groups is 1. The number of hydrogen-bond donors (Lipinski definition) is 0. The first kappa shape index (κ1) is 13.8. The lowest BCUT2D eigenvalue weighted by molar-refractivity contribution is 0.0792. The molecule has 1 aromatic heterocycles. The standard InChI is InChI=1S/C14H22N4O/c1-3-4-7-17(2)13(19)12-10-15-14(16-11-12)18-8-5-6-9-18/h10-11H,3-9H2,1-2H3. The summed E-state index contributed by atoms with van der Waals surface area (Å²) < 4.78 is 0. The van der Waals surface area contributed by atoms with E-state index < -0.39 is 0 Å². The zero-order valence-corrected chi connectivity index (χ0v) is 11.8. The summed E-state index contributed by atoms with van der Waals surface area (Å²) in [6.45, 7) is 4.93. The van der Waals surface area contributed by atoms with E-state index in [4.69, 9.17) is 0 Å². The summed E-state index contributed by atoms with van der Waals surface area (Å²) in [6, 6.07) is 0. The molecule has 1 aromatic rings. The summed E-state index contributed by atoms with van der Waals surface area (Å²) in [5.74, 6) is 0.742. The number of anilines is 1. The van der Waals surface area contributed by atoms with Crippen molar-refractivity contribution in [2.24, 2.45) is 0 Å². The van der Waals surface area contributed by atoms with E-state index in [0.717, 1.165) is 38.4 Å². The van der Waals surface area contributed by atoms with Crippen LogP contribution in [0.4, 0.5) is 5.95 Å². The van der Waals surface area contributed by atoms with Gasteiger partial charge in [-0.05, 0) is 19.3 Å². The fourth-order valence-corrected chi connectivity index (χ4v) is 2.23. The van der Waals surface area contributed by atoms with Gasteiger partial charge in [0.15, 0.2) is 0 Å². The van der Waals surface area contributed by atoms with E-state index in [9.17, 15) is 4.79 Å². The average Bonchev–Trinajstić information content (AvgIpc) is 2.98. The van der Waals surface area contributed by atoms with Crippen LogP contribution in [0.25, 0.3) is 0 Å². The van der Waals surface area contributed by atoms with Crippen LogP contribution in [0.15, 0.2) is 12.4 Å². The second kappa shape index (κ2) is 6.50. The van der Waals surface area contributed by atoms with Gasteiger partial charge in [-0.2, -0.15) is 0 Å². The Balaban J connectivity index is 1.99. The highest BCUT2D eigenvalue weighted by Crippen LogP contribution is 2.15. The molecule has 0 aromatic carbocycles. The van der Waals surface area contributed by atoms with Crippen molar-refractivity contribution in [3.05, 3.63) is 18.0 Å². The van der Waals surface area contributed by atoms with Crippen LogP contribution in [0.2, 0.25) is 0 Å². The molecule has 0 N–H and O–H groups in total. The highest BCUT2D eigenvalue weighted by Gasteiger charge is 2.16. The second-order valence-electron chi connectivity index (χ2n) is 5.05. The number of aromatic nitrogens is 2. The monoisotopic (exact) mass is 262 g/mol. The Morgan fingerprint density at radius 3 is 2.53 bits per heavy atom. The van der Waals surface area contributed by atoms with E-state index in [0.29, 0.717) is 5.56 Å². The third kappa shape index (κ3) is 3.43. The summed E-state index contributed by atoms with van der Waals surface area (Å²) in [7, 11) is 1.83. The molecule has 2 rings (SSSR count). The molecule has 19 heavy (non-hydrogen) atoms. The first-order chi connectivity index (χ1) is 9.22. The van der Waals surface area contributed by atoms with Crippen LogP contribution in [-0.2, 0) is 0 Å². The van der Waals surface area contributed by atoms with Gasteiger partial charge in [0.1, 0.15) is 0 Å². The molecular formula is C14H22N4O. The highest BCUT2D eigenvalue weighted by molar-refractivity contribution is 5.93. The van der Waals surface area contributed by atoms with Gasteiger partial charge in [0.05, 0.1) is 5.56 Å². The van der Waals surface area contributed by atoms with E-state index in [-0.39, 0.29) is 5.91 Å². The minimum absolute atomic E-state index is 0.00132. The average molecular weight is 262 g/mol. The van der Waals surface area contributed by atoms with E-state index >= 15 is 0 Å². The van der Waals surface area contributed by atoms with Crippen LogP contribution in [0.1, 0.15) is 43.0 Å². The maximum Gasteiger partial charge on any atom is 0.256 e. The molecular weight excluding hydrogens is 240 g/mol. The fraction of sp³-hybridized carbons (Fsp3) is 0.643. The molecule has 104 valence electrons. The zero-order chi connectivity index (χ0) is 13.7. The van der Waals surface area contributed by atoms with Gasteiger partial charge in [-0.15, -0.1) is 0 Å². The number of nitrogens with zero attached hydrogens (tertiary/aromatic N) is 4. The highest BCUT2D eigenvalue weighted by atomic mass is 16.2. The van der Waals surface area contributed by atoms with Gasteiger partial charge in [-0.1, -0.05) is 13.3 Å². The van der Waals surface area contributed by atoms with Crippen molar-refractivity contribution in [2.75, 3.05) is 31.6 Å².